The average Bonchev–Trinajstić information content (AvgIpc) is 2.50. The van der Waals surface area contributed by atoms with Crippen LogP contribution in [0.25, 0.3) is 0 Å². The quantitative estimate of drug-likeness (QED) is 0.778. The van der Waals surface area contributed by atoms with Crippen molar-refractivity contribution >= 4 is 11.5 Å². The lowest BCUT2D eigenvalue weighted by atomic mass is 10.1. The van der Waals surface area contributed by atoms with Crippen LogP contribution in [-0.4, -0.2) is 18.9 Å². The lowest BCUT2D eigenvalue weighted by Gasteiger charge is -2.07. The number of Topliss-reactive ketones (excluding diaryl/α,β-unsaturated/α-hetero) is 1. The Labute approximate surface area is 119 Å². The highest BCUT2D eigenvalue weighted by molar-refractivity contribution is 5.96. The monoisotopic (exact) mass is 269 g/mol. The average molecular weight is 269 g/mol. The topological polar surface area (TPSA) is 38.3 Å². The molecule has 0 saturated heterocycles. The Hall–Kier alpha value is -2.29. The molecule has 0 atom stereocenters. The second-order valence-electron chi connectivity index (χ2n) is 4.42. The molecule has 0 spiro atoms. The minimum absolute atomic E-state index is 0.157. The molecule has 0 aliphatic heterocycles. The molecule has 3 nitrogen and oxygen atoms in total. The summed E-state index contributed by atoms with van der Waals surface area (Å²) in [7, 11) is 0. The van der Waals surface area contributed by atoms with Crippen LogP contribution in [0.1, 0.15) is 23.7 Å². The van der Waals surface area contributed by atoms with Crippen molar-refractivity contribution in [3.8, 4) is 5.75 Å². The van der Waals surface area contributed by atoms with Crippen LogP contribution in [-0.2, 0) is 0 Å². The summed E-state index contributed by atoms with van der Waals surface area (Å²) in [6, 6.07) is 17.1. The molecule has 0 aromatic heterocycles. The summed E-state index contributed by atoms with van der Waals surface area (Å²) in [5.74, 6) is 1.02. The standard InChI is InChI=1S/C17H19NO2/c1-2-20-16-10-8-15(9-11-16)18-13-12-17(19)14-6-4-3-5-7-14/h3-11,18H,2,12-13H2,1H3. The van der Waals surface area contributed by atoms with Gasteiger partial charge in [0.2, 0.25) is 0 Å². The van der Waals surface area contributed by atoms with Crippen LogP contribution in [0.3, 0.4) is 0 Å². The molecule has 0 fully saturated rings. The predicted molar refractivity (Wildman–Crippen MR) is 81.5 cm³/mol. The first-order valence-electron chi connectivity index (χ1n) is 6.84. The SMILES string of the molecule is CCOc1ccc(NCCC(=O)c2ccccc2)cc1. The number of anilines is 1. The smallest absolute Gasteiger partial charge is 0.164 e. The number of rotatable bonds is 7. The largest absolute Gasteiger partial charge is 0.494 e. The summed E-state index contributed by atoms with van der Waals surface area (Å²) in [5, 5.41) is 3.24. The van der Waals surface area contributed by atoms with Gasteiger partial charge in [-0.3, -0.25) is 4.79 Å². The molecule has 0 heterocycles. The second kappa shape index (κ2) is 7.34. The first-order chi connectivity index (χ1) is 9.79. The van der Waals surface area contributed by atoms with Crippen LogP contribution in [0, 0.1) is 0 Å². The molecular weight excluding hydrogens is 250 g/mol. The molecule has 0 amide bonds. The van der Waals surface area contributed by atoms with Gasteiger partial charge >= 0.3 is 0 Å². The van der Waals surface area contributed by atoms with E-state index >= 15 is 0 Å². The fraction of sp³-hybridized carbons (Fsp3) is 0.235. The third kappa shape index (κ3) is 4.12. The van der Waals surface area contributed by atoms with Crippen molar-refractivity contribution in [1.29, 1.82) is 0 Å². The van der Waals surface area contributed by atoms with Crippen molar-refractivity contribution in [2.24, 2.45) is 0 Å². The predicted octanol–water partition coefficient (Wildman–Crippen LogP) is 3.77. The fourth-order valence-electron chi connectivity index (χ4n) is 1.92. The third-order valence-corrected chi connectivity index (χ3v) is 2.94. The molecule has 0 bridgehead atoms. The van der Waals surface area contributed by atoms with Gasteiger partial charge in [-0.25, -0.2) is 0 Å². The molecule has 2 aromatic carbocycles. The minimum Gasteiger partial charge on any atom is -0.494 e. The first-order valence-corrected chi connectivity index (χ1v) is 6.84. The van der Waals surface area contributed by atoms with Gasteiger partial charge in [-0.05, 0) is 31.2 Å². The van der Waals surface area contributed by atoms with Crippen LogP contribution in [0.5, 0.6) is 5.75 Å². The van der Waals surface area contributed by atoms with Crippen molar-refractivity contribution in [3.63, 3.8) is 0 Å². The van der Waals surface area contributed by atoms with Crippen molar-refractivity contribution in [2.45, 2.75) is 13.3 Å². The van der Waals surface area contributed by atoms with Crippen LogP contribution in [0.2, 0.25) is 0 Å². The molecule has 0 aliphatic carbocycles. The zero-order valence-corrected chi connectivity index (χ0v) is 11.6. The summed E-state index contributed by atoms with van der Waals surface area (Å²) < 4.78 is 5.38. The van der Waals surface area contributed by atoms with Gasteiger partial charge in [0.15, 0.2) is 5.78 Å². The van der Waals surface area contributed by atoms with Gasteiger partial charge in [-0.2, -0.15) is 0 Å². The number of carbonyl (C=O) groups is 1. The van der Waals surface area contributed by atoms with Gasteiger partial charge in [-0.15, -0.1) is 0 Å². The maximum atomic E-state index is 11.9. The highest BCUT2D eigenvalue weighted by Gasteiger charge is 2.04. The van der Waals surface area contributed by atoms with Gasteiger partial charge in [0.1, 0.15) is 5.75 Å². The molecule has 104 valence electrons. The van der Waals surface area contributed by atoms with Crippen LogP contribution >= 0.6 is 0 Å². The van der Waals surface area contributed by atoms with E-state index < -0.39 is 0 Å². The maximum absolute atomic E-state index is 11.9. The first kappa shape index (κ1) is 14.1. The van der Waals surface area contributed by atoms with E-state index in [9.17, 15) is 4.79 Å². The van der Waals surface area contributed by atoms with Gasteiger partial charge in [0.05, 0.1) is 6.61 Å². The Balaban J connectivity index is 1.79. The summed E-state index contributed by atoms with van der Waals surface area (Å²) in [6.07, 6.45) is 0.483. The summed E-state index contributed by atoms with van der Waals surface area (Å²) in [4.78, 5) is 11.9. The molecule has 1 N–H and O–H groups in total. The second-order valence-corrected chi connectivity index (χ2v) is 4.42. The molecule has 20 heavy (non-hydrogen) atoms. The number of carbonyl (C=O) groups excluding carboxylic acids is 1. The van der Waals surface area contributed by atoms with Gasteiger partial charge in [0.25, 0.3) is 0 Å². The molecular formula is C17H19NO2. The maximum Gasteiger partial charge on any atom is 0.164 e. The minimum atomic E-state index is 0.157. The molecule has 2 aromatic rings. The van der Waals surface area contributed by atoms with E-state index in [4.69, 9.17) is 4.74 Å². The van der Waals surface area contributed by atoms with E-state index in [2.05, 4.69) is 5.32 Å². The Morgan fingerprint density at radius 3 is 2.40 bits per heavy atom. The summed E-state index contributed by atoms with van der Waals surface area (Å²) in [5.41, 5.74) is 1.76. The van der Waals surface area contributed by atoms with Crippen LogP contribution < -0.4 is 10.1 Å². The van der Waals surface area contributed by atoms with Crippen molar-refractivity contribution in [1.82, 2.24) is 0 Å². The van der Waals surface area contributed by atoms with Crippen LogP contribution in [0.4, 0.5) is 5.69 Å². The molecule has 3 heteroatoms. The third-order valence-electron chi connectivity index (χ3n) is 2.94. The summed E-state index contributed by atoms with van der Waals surface area (Å²) >= 11 is 0. The van der Waals surface area contributed by atoms with E-state index in [1.54, 1.807) is 0 Å². The zero-order chi connectivity index (χ0) is 14.2. The number of ketones is 1. The van der Waals surface area contributed by atoms with E-state index in [-0.39, 0.29) is 5.78 Å². The highest BCUT2D eigenvalue weighted by atomic mass is 16.5. The van der Waals surface area contributed by atoms with Crippen molar-refractivity contribution in [3.05, 3.63) is 60.2 Å². The molecule has 2 rings (SSSR count). The molecule has 0 aliphatic rings. The van der Waals surface area contributed by atoms with Gasteiger partial charge < -0.3 is 10.1 Å². The number of benzene rings is 2. The molecule has 0 radical (unpaired) electrons. The van der Waals surface area contributed by atoms with E-state index in [0.717, 1.165) is 17.0 Å². The van der Waals surface area contributed by atoms with Gasteiger partial charge in [-0.1, -0.05) is 30.3 Å². The Morgan fingerprint density at radius 2 is 1.75 bits per heavy atom. The normalized spacial score (nSPS) is 10.1. The van der Waals surface area contributed by atoms with E-state index in [0.29, 0.717) is 19.6 Å². The Bertz CT molecular complexity index is 535. The number of ether oxygens (including phenoxy) is 1. The zero-order valence-electron chi connectivity index (χ0n) is 11.6. The number of hydrogen-bond acceptors (Lipinski definition) is 3. The van der Waals surface area contributed by atoms with Crippen LogP contribution in [0.15, 0.2) is 54.6 Å². The number of hydrogen-bond donors (Lipinski definition) is 1. The summed E-state index contributed by atoms with van der Waals surface area (Å²) in [6.45, 7) is 3.25. The van der Waals surface area contributed by atoms with Crippen molar-refractivity contribution in [2.75, 3.05) is 18.5 Å². The van der Waals surface area contributed by atoms with Gasteiger partial charge in [0, 0.05) is 24.2 Å². The number of nitrogens with one attached hydrogen (secondary N) is 1. The molecule has 0 unspecified atom stereocenters. The Morgan fingerprint density at radius 1 is 1.05 bits per heavy atom. The highest BCUT2D eigenvalue weighted by Crippen LogP contribution is 2.15. The van der Waals surface area contributed by atoms with E-state index in [1.165, 1.54) is 0 Å². The Kier molecular flexibility index (Phi) is 5.18. The lowest BCUT2D eigenvalue weighted by Crippen LogP contribution is -2.08. The fourth-order valence-corrected chi connectivity index (χ4v) is 1.92. The van der Waals surface area contributed by atoms with Crippen molar-refractivity contribution < 1.29 is 9.53 Å². The van der Waals surface area contributed by atoms with E-state index in [1.807, 2.05) is 61.5 Å². The molecule has 0 saturated carbocycles. The lowest BCUT2D eigenvalue weighted by molar-refractivity contribution is 0.0986.